The maximum atomic E-state index is 13.7. The molecule has 1 aliphatic heterocycles. The monoisotopic (exact) mass is 566 g/mol. The lowest BCUT2D eigenvalue weighted by molar-refractivity contribution is -0.142. The number of aliphatic carboxylic acids is 1. The minimum Gasteiger partial charge on any atom is -0.497 e. The smallest absolute Gasteiger partial charge is 0.323 e. The molecule has 2 atom stereocenters. The molecule has 1 fully saturated rings. The zero-order valence-corrected chi connectivity index (χ0v) is 22.1. The number of nitrogens with zero attached hydrogens (tertiary/aromatic N) is 2. The number of halogens is 2. The van der Waals surface area contributed by atoms with Crippen molar-refractivity contribution in [3.8, 4) is 5.75 Å². The lowest BCUT2D eigenvalue weighted by atomic mass is 10.0. The predicted octanol–water partition coefficient (Wildman–Crippen LogP) is 3.55. The first-order chi connectivity index (χ1) is 19.6. The third kappa shape index (κ3) is 7.35. The van der Waals surface area contributed by atoms with Gasteiger partial charge in [-0.1, -0.05) is 30.3 Å². The number of ether oxygens (including phenoxy) is 1. The SMILES string of the molecule is COc1ccc(CC(=O)N2CCN(C(=O)Nc3cccc(F)c3)C2C(=O)NC(CC(=O)O)c2ccc(F)cc2)cc1. The van der Waals surface area contributed by atoms with Gasteiger partial charge in [0.25, 0.3) is 5.91 Å². The summed E-state index contributed by atoms with van der Waals surface area (Å²) >= 11 is 0. The second-order valence-electron chi connectivity index (χ2n) is 9.33. The van der Waals surface area contributed by atoms with Crippen LogP contribution in [0.4, 0.5) is 19.3 Å². The highest BCUT2D eigenvalue weighted by atomic mass is 19.1. The fraction of sp³-hybridized carbons (Fsp3) is 0.241. The van der Waals surface area contributed by atoms with E-state index in [0.717, 1.165) is 23.1 Å². The van der Waals surface area contributed by atoms with E-state index in [9.17, 15) is 33.1 Å². The summed E-state index contributed by atoms with van der Waals surface area (Å²) in [5.41, 5.74) is 1.12. The molecule has 0 aromatic heterocycles. The number of urea groups is 1. The molecule has 12 heteroatoms. The van der Waals surface area contributed by atoms with E-state index in [1.807, 2.05) is 0 Å². The van der Waals surface area contributed by atoms with E-state index in [1.54, 1.807) is 24.3 Å². The first-order valence-electron chi connectivity index (χ1n) is 12.7. The van der Waals surface area contributed by atoms with Gasteiger partial charge in [-0.3, -0.25) is 19.3 Å². The van der Waals surface area contributed by atoms with Crippen molar-refractivity contribution < 1.29 is 37.8 Å². The van der Waals surface area contributed by atoms with Gasteiger partial charge in [-0.25, -0.2) is 13.6 Å². The van der Waals surface area contributed by atoms with Crippen molar-refractivity contribution in [1.29, 1.82) is 0 Å². The van der Waals surface area contributed by atoms with Gasteiger partial charge in [0.15, 0.2) is 6.17 Å². The maximum absolute atomic E-state index is 13.7. The summed E-state index contributed by atoms with van der Waals surface area (Å²) < 4.78 is 32.3. The summed E-state index contributed by atoms with van der Waals surface area (Å²) in [5, 5.41) is 14.6. The first kappa shape index (κ1) is 29.0. The highest BCUT2D eigenvalue weighted by Gasteiger charge is 2.43. The third-order valence-electron chi connectivity index (χ3n) is 6.55. The molecule has 10 nitrogen and oxygen atoms in total. The maximum Gasteiger partial charge on any atom is 0.323 e. The van der Waals surface area contributed by atoms with Crippen LogP contribution in [0.3, 0.4) is 0 Å². The van der Waals surface area contributed by atoms with Gasteiger partial charge in [-0.2, -0.15) is 0 Å². The van der Waals surface area contributed by atoms with Gasteiger partial charge in [-0.15, -0.1) is 0 Å². The molecule has 0 radical (unpaired) electrons. The molecule has 1 heterocycles. The predicted molar refractivity (Wildman–Crippen MR) is 144 cm³/mol. The second kappa shape index (κ2) is 12.9. The summed E-state index contributed by atoms with van der Waals surface area (Å²) in [6.07, 6.45) is -2.05. The van der Waals surface area contributed by atoms with E-state index in [1.165, 1.54) is 42.3 Å². The van der Waals surface area contributed by atoms with Crippen LogP contribution in [0.15, 0.2) is 72.8 Å². The van der Waals surface area contributed by atoms with Crippen LogP contribution in [0.2, 0.25) is 0 Å². The van der Waals surface area contributed by atoms with Gasteiger partial charge in [0.05, 0.1) is 26.0 Å². The standard InChI is InChI=1S/C29H28F2N4O6/c1-41-23-11-5-18(6-12-23)15-25(36)34-13-14-35(29(40)32-22-4-2-3-21(31)16-22)28(34)27(39)33-24(17-26(37)38)19-7-9-20(30)10-8-19/h2-12,16,24,28H,13-15,17H2,1H3,(H,32,40)(H,33,39)(H,37,38). The quantitative estimate of drug-likeness (QED) is 0.364. The molecule has 3 N–H and O–H groups in total. The molecule has 214 valence electrons. The number of methoxy groups -OCH3 is 1. The lowest BCUT2D eigenvalue weighted by Gasteiger charge is -2.31. The molecular formula is C29H28F2N4O6. The van der Waals surface area contributed by atoms with Gasteiger partial charge < -0.3 is 25.4 Å². The van der Waals surface area contributed by atoms with Crippen molar-refractivity contribution in [2.45, 2.75) is 25.0 Å². The number of nitrogens with one attached hydrogen (secondary N) is 2. The summed E-state index contributed by atoms with van der Waals surface area (Å²) in [6.45, 7) is -0.00246. The summed E-state index contributed by atoms with van der Waals surface area (Å²) in [5.74, 6) is -3.00. The minimum atomic E-state index is -1.44. The van der Waals surface area contributed by atoms with Crippen LogP contribution in [0.1, 0.15) is 23.6 Å². The Morgan fingerprint density at radius 1 is 0.951 bits per heavy atom. The van der Waals surface area contributed by atoms with Crippen molar-refractivity contribution in [1.82, 2.24) is 15.1 Å². The van der Waals surface area contributed by atoms with Crippen LogP contribution in [-0.4, -0.2) is 65.1 Å². The Labute approximate surface area is 234 Å². The largest absolute Gasteiger partial charge is 0.497 e. The number of anilines is 1. The van der Waals surface area contributed by atoms with Crippen molar-refractivity contribution in [3.05, 3.63) is 95.6 Å². The zero-order valence-electron chi connectivity index (χ0n) is 22.1. The first-order valence-corrected chi connectivity index (χ1v) is 12.7. The Morgan fingerprint density at radius 2 is 1.63 bits per heavy atom. The zero-order chi connectivity index (χ0) is 29.5. The Kier molecular flexibility index (Phi) is 9.12. The fourth-order valence-corrected chi connectivity index (χ4v) is 4.53. The van der Waals surface area contributed by atoms with E-state index >= 15 is 0 Å². The van der Waals surface area contributed by atoms with Crippen LogP contribution < -0.4 is 15.4 Å². The second-order valence-corrected chi connectivity index (χ2v) is 9.33. The average Bonchev–Trinajstić information content (AvgIpc) is 3.39. The number of hydrogen-bond donors (Lipinski definition) is 3. The molecule has 1 aliphatic rings. The van der Waals surface area contributed by atoms with Crippen molar-refractivity contribution in [2.24, 2.45) is 0 Å². The van der Waals surface area contributed by atoms with Gasteiger partial charge in [0.1, 0.15) is 17.4 Å². The van der Waals surface area contributed by atoms with E-state index in [4.69, 9.17) is 4.74 Å². The highest BCUT2D eigenvalue weighted by molar-refractivity contribution is 5.96. The number of rotatable bonds is 9. The van der Waals surface area contributed by atoms with Crippen molar-refractivity contribution in [3.63, 3.8) is 0 Å². The molecule has 0 saturated carbocycles. The van der Waals surface area contributed by atoms with E-state index in [0.29, 0.717) is 16.9 Å². The Morgan fingerprint density at radius 3 is 2.27 bits per heavy atom. The van der Waals surface area contributed by atoms with E-state index in [2.05, 4.69) is 10.6 Å². The molecule has 4 rings (SSSR count). The topological polar surface area (TPSA) is 128 Å². The van der Waals surface area contributed by atoms with Crippen LogP contribution in [0.25, 0.3) is 0 Å². The molecule has 0 aliphatic carbocycles. The van der Waals surface area contributed by atoms with Crippen LogP contribution >= 0.6 is 0 Å². The van der Waals surface area contributed by atoms with Gasteiger partial charge >= 0.3 is 12.0 Å². The number of carboxylic acid groups (broad SMARTS) is 1. The summed E-state index contributed by atoms with van der Waals surface area (Å²) in [6, 6.07) is 15.1. The molecule has 1 saturated heterocycles. The van der Waals surface area contributed by atoms with E-state index in [-0.39, 0.29) is 25.2 Å². The molecule has 3 aromatic carbocycles. The molecule has 0 spiro atoms. The Hall–Kier alpha value is -5.00. The van der Waals surface area contributed by atoms with Crippen LogP contribution in [0.5, 0.6) is 5.75 Å². The number of hydrogen-bond acceptors (Lipinski definition) is 5. The molecule has 4 amide bonds. The van der Waals surface area contributed by atoms with Crippen LogP contribution in [0, 0.1) is 11.6 Å². The van der Waals surface area contributed by atoms with Gasteiger partial charge in [0, 0.05) is 18.8 Å². The number of carboxylic acids is 1. The Bertz CT molecular complexity index is 1420. The van der Waals surface area contributed by atoms with Gasteiger partial charge in [-0.05, 0) is 53.6 Å². The fourth-order valence-electron chi connectivity index (χ4n) is 4.53. The molecule has 3 aromatic rings. The summed E-state index contributed by atoms with van der Waals surface area (Å²) in [4.78, 5) is 54.2. The Balaban J connectivity index is 1.60. The highest BCUT2D eigenvalue weighted by Crippen LogP contribution is 2.23. The molecule has 41 heavy (non-hydrogen) atoms. The normalized spacial score (nSPS) is 15.2. The minimum absolute atomic E-state index is 0.0176. The lowest BCUT2D eigenvalue weighted by Crippen LogP contribution is -2.55. The number of amides is 4. The number of carbonyl (C=O) groups excluding carboxylic acids is 3. The summed E-state index contributed by atoms with van der Waals surface area (Å²) in [7, 11) is 1.51. The molecule has 0 bridgehead atoms. The van der Waals surface area contributed by atoms with Crippen molar-refractivity contribution >= 4 is 29.5 Å². The molecular weight excluding hydrogens is 538 g/mol. The van der Waals surface area contributed by atoms with Crippen molar-refractivity contribution in [2.75, 3.05) is 25.5 Å². The van der Waals surface area contributed by atoms with Gasteiger partial charge in [0.2, 0.25) is 5.91 Å². The number of carbonyl (C=O) groups is 4. The van der Waals surface area contributed by atoms with E-state index < -0.39 is 54.1 Å². The molecule has 2 unspecified atom stereocenters. The number of benzene rings is 3. The third-order valence-corrected chi connectivity index (χ3v) is 6.55. The van der Waals surface area contributed by atoms with Crippen LogP contribution in [-0.2, 0) is 20.8 Å². The average molecular weight is 567 g/mol.